The summed E-state index contributed by atoms with van der Waals surface area (Å²) >= 11 is 0. The molecule has 37 heavy (non-hydrogen) atoms. The summed E-state index contributed by atoms with van der Waals surface area (Å²) in [5.41, 5.74) is 9.06. The topological polar surface area (TPSA) is 134 Å². The molecule has 5 atom stereocenters. The summed E-state index contributed by atoms with van der Waals surface area (Å²) in [6.45, 7) is 10.3. The van der Waals surface area contributed by atoms with Gasteiger partial charge >= 0.3 is 6.09 Å². The van der Waals surface area contributed by atoms with Crippen molar-refractivity contribution in [3.63, 3.8) is 0 Å². The number of carbonyl (C=O) groups is 4. The number of nitrogens with one attached hydrogen (secondary N) is 2. The molecule has 10 nitrogen and oxygen atoms in total. The molecule has 202 valence electrons. The van der Waals surface area contributed by atoms with Gasteiger partial charge in [0.05, 0.1) is 18.5 Å². The van der Waals surface area contributed by atoms with Crippen LogP contribution in [0, 0.1) is 23.2 Å². The highest BCUT2D eigenvalue weighted by Crippen LogP contribution is 2.64. The summed E-state index contributed by atoms with van der Waals surface area (Å²) in [6, 6.07) is 7.97. The van der Waals surface area contributed by atoms with Crippen molar-refractivity contribution in [3.8, 4) is 0 Å². The lowest BCUT2D eigenvalue weighted by Gasteiger charge is -2.34. The van der Waals surface area contributed by atoms with Gasteiger partial charge in [0.15, 0.2) is 0 Å². The predicted octanol–water partition coefficient (Wildman–Crippen LogP) is 1.44. The molecule has 2 heterocycles. The molecular weight excluding hydrogens is 474 g/mol. The molecule has 2 saturated heterocycles. The molecule has 4 rings (SSSR count). The maximum atomic E-state index is 13.7. The summed E-state index contributed by atoms with van der Waals surface area (Å²) in [6.07, 6.45) is 0.168. The van der Waals surface area contributed by atoms with Gasteiger partial charge in [-0.1, -0.05) is 44.2 Å². The second-order valence-electron chi connectivity index (χ2n) is 12.0. The molecule has 0 bridgehead atoms. The number of benzene rings is 1. The van der Waals surface area contributed by atoms with E-state index in [0.717, 1.165) is 10.6 Å². The second-order valence-corrected chi connectivity index (χ2v) is 12.0. The fourth-order valence-electron chi connectivity index (χ4n) is 5.70. The molecule has 0 spiro atoms. The van der Waals surface area contributed by atoms with E-state index < -0.39 is 35.6 Å². The number of hydrazine groups is 1. The van der Waals surface area contributed by atoms with Crippen LogP contribution in [0.25, 0.3) is 0 Å². The minimum Gasteiger partial charge on any atom is -0.442 e. The molecule has 1 aliphatic carbocycles. The smallest absolute Gasteiger partial charge is 0.429 e. The first-order chi connectivity index (χ1) is 17.3. The third kappa shape index (κ3) is 5.74. The van der Waals surface area contributed by atoms with Crippen molar-refractivity contribution in [2.24, 2.45) is 28.9 Å². The third-order valence-corrected chi connectivity index (χ3v) is 7.80. The van der Waals surface area contributed by atoms with Crippen molar-refractivity contribution >= 4 is 23.8 Å². The van der Waals surface area contributed by atoms with Crippen molar-refractivity contribution < 1.29 is 23.9 Å². The number of fused-ring (bicyclic) bond motifs is 1. The Labute approximate surface area is 218 Å². The second kappa shape index (κ2) is 9.96. The van der Waals surface area contributed by atoms with Crippen LogP contribution in [0.2, 0.25) is 0 Å². The van der Waals surface area contributed by atoms with E-state index in [4.69, 9.17) is 10.5 Å². The first-order valence-electron chi connectivity index (χ1n) is 13.0. The molecule has 0 aromatic heterocycles. The molecular formula is C27H39N5O5. The molecule has 4 N–H and O–H groups in total. The Hall–Kier alpha value is -3.14. The predicted molar refractivity (Wildman–Crippen MR) is 137 cm³/mol. The van der Waals surface area contributed by atoms with Crippen LogP contribution in [0.15, 0.2) is 30.3 Å². The summed E-state index contributed by atoms with van der Waals surface area (Å²) in [4.78, 5) is 53.9. The average Bonchev–Trinajstić information content (AvgIpc) is 3.17. The van der Waals surface area contributed by atoms with Gasteiger partial charge in [-0.05, 0) is 56.4 Å². The van der Waals surface area contributed by atoms with Gasteiger partial charge in [-0.3, -0.25) is 19.8 Å². The number of rotatable bonds is 6. The van der Waals surface area contributed by atoms with Crippen LogP contribution in [-0.4, -0.2) is 71.0 Å². The fraction of sp³-hybridized carbons (Fsp3) is 0.630. The number of ether oxygens (including phenoxy) is 1. The monoisotopic (exact) mass is 513 g/mol. The van der Waals surface area contributed by atoms with E-state index in [1.807, 2.05) is 30.3 Å². The van der Waals surface area contributed by atoms with E-state index in [2.05, 4.69) is 24.6 Å². The van der Waals surface area contributed by atoms with Crippen LogP contribution in [-0.2, 0) is 25.5 Å². The number of carbonyl (C=O) groups excluding carboxylic acids is 4. The minimum atomic E-state index is -0.791. The maximum absolute atomic E-state index is 13.7. The Bertz CT molecular complexity index is 1050. The lowest BCUT2D eigenvalue weighted by Crippen LogP contribution is -2.59. The summed E-state index contributed by atoms with van der Waals surface area (Å²) in [5, 5.41) is 3.83. The molecule has 1 saturated carbocycles. The molecule has 2 aliphatic heterocycles. The Balaban J connectivity index is 1.51. The SMILES string of the molecule is CC(C)(C)OC(=O)N(C[C@@H]1CCNC1=O)NC(=O)[C@@H]1[C@@H]2[C@H](CN1C(=O)[C@@H](N)Cc1ccccc1)C2(C)C. The van der Waals surface area contributed by atoms with Crippen molar-refractivity contribution in [2.75, 3.05) is 19.6 Å². The highest BCUT2D eigenvalue weighted by atomic mass is 16.6. The quantitative estimate of drug-likeness (QED) is 0.493. The molecule has 3 aliphatic rings. The highest BCUT2D eigenvalue weighted by Gasteiger charge is 2.69. The van der Waals surface area contributed by atoms with Gasteiger partial charge in [-0.2, -0.15) is 0 Å². The van der Waals surface area contributed by atoms with E-state index in [1.54, 1.807) is 25.7 Å². The molecule has 0 radical (unpaired) electrons. The van der Waals surface area contributed by atoms with Crippen molar-refractivity contribution in [1.29, 1.82) is 0 Å². The van der Waals surface area contributed by atoms with E-state index in [-0.39, 0.29) is 35.6 Å². The Morgan fingerprint density at radius 3 is 2.51 bits per heavy atom. The Morgan fingerprint density at radius 1 is 1.24 bits per heavy atom. The van der Waals surface area contributed by atoms with Gasteiger partial charge in [0.1, 0.15) is 11.6 Å². The maximum Gasteiger partial charge on any atom is 0.429 e. The van der Waals surface area contributed by atoms with Crippen molar-refractivity contribution in [1.82, 2.24) is 20.7 Å². The number of amides is 4. The number of likely N-dealkylation sites (tertiary alicyclic amines) is 1. The number of hydrogen-bond donors (Lipinski definition) is 3. The van der Waals surface area contributed by atoms with E-state index in [9.17, 15) is 19.2 Å². The average molecular weight is 514 g/mol. The lowest BCUT2D eigenvalue weighted by molar-refractivity contribution is -0.143. The minimum absolute atomic E-state index is 0.0157. The Morgan fingerprint density at radius 2 is 1.92 bits per heavy atom. The van der Waals surface area contributed by atoms with E-state index >= 15 is 0 Å². The largest absolute Gasteiger partial charge is 0.442 e. The van der Waals surface area contributed by atoms with Crippen molar-refractivity contribution in [2.45, 2.75) is 65.1 Å². The van der Waals surface area contributed by atoms with Crippen LogP contribution in [0.4, 0.5) is 4.79 Å². The van der Waals surface area contributed by atoms with Gasteiger partial charge in [-0.15, -0.1) is 0 Å². The van der Waals surface area contributed by atoms with Gasteiger partial charge in [-0.25, -0.2) is 9.80 Å². The van der Waals surface area contributed by atoms with Crippen molar-refractivity contribution in [3.05, 3.63) is 35.9 Å². The molecule has 10 heteroatoms. The number of nitrogens with two attached hydrogens (primary N) is 1. The molecule has 1 aromatic carbocycles. The number of hydrogen-bond acceptors (Lipinski definition) is 6. The fourth-order valence-corrected chi connectivity index (χ4v) is 5.70. The first kappa shape index (κ1) is 26.9. The molecule has 1 aromatic rings. The normalized spacial score (nSPS) is 26.6. The highest BCUT2D eigenvalue weighted by molar-refractivity contribution is 5.92. The molecule has 0 unspecified atom stereocenters. The Kier molecular flexibility index (Phi) is 7.25. The zero-order valence-electron chi connectivity index (χ0n) is 22.3. The first-order valence-corrected chi connectivity index (χ1v) is 13.0. The molecule has 3 fully saturated rings. The van der Waals surface area contributed by atoms with Crippen LogP contribution in [0.5, 0.6) is 0 Å². The van der Waals surface area contributed by atoms with E-state index in [1.165, 1.54) is 0 Å². The standard InChI is InChI=1S/C27H39N5O5/c1-26(2,3)37-25(36)32(14-17-11-12-29-22(17)33)30-23(34)21-20-18(27(20,4)5)15-31(21)24(35)19(28)13-16-9-7-6-8-10-16/h6-10,17-21H,11-15,28H2,1-5H3,(H,29,33)(H,30,34)/t17-,18-,19-,20-,21-/m0/s1. The van der Waals surface area contributed by atoms with Crippen LogP contribution >= 0.6 is 0 Å². The summed E-state index contributed by atoms with van der Waals surface area (Å²) in [7, 11) is 0. The van der Waals surface area contributed by atoms with E-state index in [0.29, 0.717) is 25.9 Å². The summed E-state index contributed by atoms with van der Waals surface area (Å²) < 4.78 is 5.51. The number of nitrogens with zero attached hydrogens (tertiary/aromatic N) is 2. The van der Waals surface area contributed by atoms with Gasteiger partial charge in [0.2, 0.25) is 11.8 Å². The van der Waals surface area contributed by atoms with Crippen LogP contribution in [0.3, 0.4) is 0 Å². The summed E-state index contributed by atoms with van der Waals surface area (Å²) in [5.74, 6) is -1.26. The third-order valence-electron chi connectivity index (χ3n) is 7.80. The molecule has 4 amide bonds. The number of piperidine rings is 1. The van der Waals surface area contributed by atoms with Gasteiger partial charge < -0.3 is 20.7 Å². The van der Waals surface area contributed by atoms with Gasteiger partial charge in [0, 0.05) is 13.1 Å². The lowest BCUT2D eigenvalue weighted by atomic mass is 9.99. The van der Waals surface area contributed by atoms with Gasteiger partial charge in [0.25, 0.3) is 5.91 Å². The van der Waals surface area contributed by atoms with Crippen LogP contribution < -0.4 is 16.5 Å². The van der Waals surface area contributed by atoms with Crippen LogP contribution in [0.1, 0.15) is 46.6 Å². The zero-order valence-corrected chi connectivity index (χ0v) is 22.3. The zero-order chi connectivity index (χ0) is 27.1.